The van der Waals surface area contributed by atoms with Crippen molar-refractivity contribution < 1.29 is 9.53 Å². The van der Waals surface area contributed by atoms with E-state index in [9.17, 15) is 4.79 Å². The molecule has 0 saturated carbocycles. The van der Waals surface area contributed by atoms with E-state index in [1.807, 2.05) is 18.2 Å². The van der Waals surface area contributed by atoms with E-state index < -0.39 is 0 Å². The van der Waals surface area contributed by atoms with Gasteiger partial charge in [0.15, 0.2) is 6.61 Å². The van der Waals surface area contributed by atoms with Crippen molar-refractivity contribution in [1.82, 2.24) is 0 Å². The monoisotopic (exact) mass is 263 g/mol. The first-order chi connectivity index (χ1) is 9.10. The van der Waals surface area contributed by atoms with E-state index in [-0.39, 0.29) is 12.5 Å². The molecule has 1 aromatic carbocycles. The van der Waals surface area contributed by atoms with Crippen molar-refractivity contribution in [2.45, 2.75) is 13.8 Å². The van der Waals surface area contributed by atoms with Crippen LogP contribution in [0.25, 0.3) is 0 Å². The van der Waals surface area contributed by atoms with Crippen LogP contribution < -0.4 is 21.1 Å². The number of nitrogens with two attached hydrogens (primary N) is 1. The summed E-state index contributed by atoms with van der Waals surface area (Å²) in [7, 11) is 0. The highest BCUT2D eigenvalue weighted by Crippen LogP contribution is 2.30. The molecule has 0 radical (unpaired) electrons. The molecule has 1 aliphatic heterocycles. The second-order valence-corrected chi connectivity index (χ2v) is 5.17. The molecule has 1 atom stereocenters. The van der Waals surface area contributed by atoms with Gasteiger partial charge in [-0.25, -0.2) is 0 Å². The van der Waals surface area contributed by atoms with Gasteiger partial charge in [0.1, 0.15) is 5.75 Å². The van der Waals surface area contributed by atoms with Crippen LogP contribution >= 0.6 is 0 Å². The van der Waals surface area contributed by atoms with Gasteiger partial charge >= 0.3 is 0 Å². The SMILES string of the molecule is CC(C)C(CN)CNc1ccc2c(c1)NC(=O)CO2. The second kappa shape index (κ2) is 5.93. The van der Waals surface area contributed by atoms with E-state index in [0.29, 0.717) is 24.1 Å². The van der Waals surface area contributed by atoms with Crippen molar-refractivity contribution in [3.8, 4) is 5.75 Å². The molecule has 5 heteroatoms. The summed E-state index contributed by atoms with van der Waals surface area (Å²) in [6.07, 6.45) is 0. The number of fused-ring (bicyclic) bond motifs is 1. The summed E-state index contributed by atoms with van der Waals surface area (Å²) in [5, 5.41) is 6.15. The summed E-state index contributed by atoms with van der Waals surface area (Å²) in [6.45, 7) is 5.90. The average molecular weight is 263 g/mol. The predicted molar refractivity (Wildman–Crippen MR) is 76.4 cm³/mol. The fraction of sp³-hybridized carbons (Fsp3) is 0.500. The summed E-state index contributed by atoms with van der Waals surface area (Å²) in [6, 6.07) is 5.70. The number of benzene rings is 1. The van der Waals surface area contributed by atoms with Crippen LogP contribution in [0.5, 0.6) is 5.75 Å². The molecule has 2 rings (SSSR count). The molecule has 0 saturated heterocycles. The molecule has 0 aromatic heterocycles. The van der Waals surface area contributed by atoms with Crippen LogP contribution in [0, 0.1) is 11.8 Å². The zero-order valence-corrected chi connectivity index (χ0v) is 11.4. The Morgan fingerprint density at radius 3 is 2.95 bits per heavy atom. The number of hydrogen-bond donors (Lipinski definition) is 3. The van der Waals surface area contributed by atoms with Crippen LogP contribution in [0.3, 0.4) is 0 Å². The molecule has 5 nitrogen and oxygen atoms in total. The van der Waals surface area contributed by atoms with Crippen molar-refractivity contribution in [2.75, 3.05) is 30.3 Å². The van der Waals surface area contributed by atoms with E-state index in [0.717, 1.165) is 17.9 Å². The lowest BCUT2D eigenvalue weighted by atomic mass is 9.96. The summed E-state index contributed by atoms with van der Waals surface area (Å²) >= 11 is 0. The lowest BCUT2D eigenvalue weighted by Crippen LogP contribution is -2.27. The van der Waals surface area contributed by atoms with Gasteiger partial charge in [0.05, 0.1) is 5.69 Å². The van der Waals surface area contributed by atoms with Crippen molar-refractivity contribution in [2.24, 2.45) is 17.6 Å². The Balaban J connectivity index is 2.02. The molecule has 1 aliphatic rings. The molecule has 4 N–H and O–H groups in total. The average Bonchev–Trinajstić information content (AvgIpc) is 2.38. The minimum Gasteiger partial charge on any atom is -0.482 e. The molecule has 0 bridgehead atoms. The van der Waals surface area contributed by atoms with Gasteiger partial charge in [-0.15, -0.1) is 0 Å². The van der Waals surface area contributed by atoms with Gasteiger partial charge in [0.2, 0.25) is 0 Å². The van der Waals surface area contributed by atoms with E-state index in [1.54, 1.807) is 0 Å². The van der Waals surface area contributed by atoms with E-state index in [4.69, 9.17) is 10.5 Å². The summed E-state index contributed by atoms with van der Waals surface area (Å²) in [4.78, 5) is 11.3. The van der Waals surface area contributed by atoms with Gasteiger partial charge in [-0.3, -0.25) is 4.79 Å². The topological polar surface area (TPSA) is 76.4 Å². The molecule has 0 fully saturated rings. The number of carbonyl (C=O) groups is 1. The number of ether oxygens (including phenoxy) is 1. The summed E-state index contributed by atoms with van der Waals surface area (Å²) in [5.41, 5.74) is 7.43. The van der Waals surface area contributed by atoms with E-state index in [2.05, 4.69) is 24.5 Å². The van der Waals surface area contributed by atoms with Crippen LogP contribution in [0.1, 0.15) is 13.8 Å². The number of nitrogens with one attached hydrogen (secondary N) is 2. The highest BCUT2D eigenvalue weighted by Gasteiger charge is 2.16. The first-order valence-electron chi connectivity index (χ1n) is 6.60. The Hall–Kier alpha value is -1.75. The van der Waals surface area contributed by atoms with Crippen LogP contribution in [-0.2, 0) is 4.79 Å². The molecule has 19 heavy (non-hydrogen) atoms. The predicted octanol–water partition coefficient (Wildman–Crippen LogP) is 1.66. The third-order valence-corrected chi connectivity index (χ3v) is 3.43. The Morgan fingerprint density at radius 1 is 1.47 bits per heavy atom. The Morgan fingerprint density at radius 2 is 2.26 bits per heavy atom. The molecule has 0 aliphatic carbocycles. The largest absolute Gasteiger partial charge is 0.482 e. The lowest BCUT2D eigenvalue weighted by Gasteiger charge is -2.22. The number of carbonyl (C=O) groups excluding carboxylic acids is 1. The third kappa shape index (κ3) is 3.38. The third-order valence-electron chi connectivity index (χ3n) is 3.43. The molecule has 1 aromatic rings. The van der Waals surface area contributed by atoms with Crippen LogP contribution in [-0.4, -0.2) is 25.6 Å². The van der Waals surface area contributed by atoms with Crippen LogP contribution in [0.2, 0.25) is 0 Å². The van der Waals surface area contributed by atoms with Gasteiger partial charge < -0.3 is 21.1 Å². The van der Waals surface area contributed by atoms with E-state index >= 15 is 0 Å². The highest BCUT2D eigenvalue weighted by molar-refractivity contribution is 5.95. The number of amides is 1. The van der Waals surface area contributed by atoms with Crippen LogP contribution in [0.4, 0.5) is 11.4 Å². The zero-order chi connectivity index (χ0) is 13.8. The standard InChI is InChI=1S/C14H21N3O2/c1-9(2)10(6-15)7-16-11-3-4-13-12(5-11)17-14(18)8-19-13/h3-5,9-10,16H,6-8,15H2,1-2H3,(H,17,18). The molecule has 104 valence electrons. The smallest absolute Gasteiger partial charge is 0.262 e. The minimum absolute atomic E-state index is 0.0857. The highest BCUT2D eigenvalue weighted by atomic mass is 16.5. The maximum atomic E-state index is 11.3. The van der Waals surface area contributed by atoms with Crippen molar-refractivity contribution in [3.63, 3.8) is 0 Å². The number of rotatable bonds is 5. The van der Waals surface area contributed by atoms with Gasteiger partial charge in [0, 0.05) is 12.2 Å². The zero-order valence-electron chi connectivity index (χ0n) is 11.4. The first kappa shape index (κ1) is 13.7. The van der Waals surface area contributed by atoms with E-state index in [1.165, 1.54) is 0 Å². The van der Waals surface area contributed by atoms with Crippen molar-refractivity contribution in [1.29, 1.82) is 0 Å². The maximum Gasteiger partial charge on any atom is 0.262 e. The quantitative estimate of drug-likeness (QED) is 0.755. The molecule has 1 amide bonds. The Kier molecular flexibility index (Phi) is 4.27. The van der Waals surface area contributed by atoms with Crippen molar-refractivity contribution >= 4 is 17.3 Å². The fourth-order valence-corrected chi connectivity index (χ4v) is 2.03. The molecule has 1 heterocycles. The number of hydrogen-bond acceptors (Lipinski definition) is 4. The maximum absolute atomic E-state index is 11.3. The molecular formula is C14H21N3O2. The molecule has 0 spiro atoms. The van der Waals surface area contributed by atoms with Crippen LogP contribution in [0.15, 0.2) is 18.2 Å². The first-order valence-corrected chi connectivity index (χ1v) is 6.60. The van der Waals surface area contributed by atoms with Gasteiger partial charge in [0.25, 0.3) is 5.91 Å². The molecule has 1 unspecified atom stereocenters. The second-order valence-electron chi connectivity index (χ2n) is 5.17. The summed E-state index contributed by atoms with van der Waals surface area (Å²) < 4.78 is 5.32. The normalized spacial score (nSPS) is 15.5. The lowest BCUT2D eigenvalue weighted by molar-refractivity contribution is -0.118. The summed E-state index contributed by atoms with van der Waals surface area (Å²) in [5.74, 6) is 1.57. The fourth-order valence-electron chi connectivity index (χ4n) is 2.03. The molecular weight excluding hydrogens is 242 g/mol. The number of anilines is 2. The Labute approximate surface area is 113 Å². The minimum atomic E-state index is -0.119. The van der Waals surface area contributed by atoms with Gasteiger partial charge in [-0.05, 0) is 36.6 Å². The Bertz CT molecular complexity index is 460. The van der Waals surface area contributed by atoms with Crippen molar-refractivity contribution in [3.05, 3.63) is 18.2 Å². The van der Waals surface area contributed by atoms with Gasteiger partial charge in [-0.1, -0.05) is 13.8 Å². The van der Waals surface area contributed by atoms with Gasteiger partial charge in [-0.2, -0.15) is 0 Å².